The van der Waals surface area contributed by atoms with Crippen LogP contribution in [-0.4, -0.2) is 54.1 Å². The van der Waals surface area contributed by atoms with Crippen molar-refractivity contribution in [3.8, 4) is 0 Å². The number of aliphatic hydroxyl groups is 1. The Labute approximate surface area is 136 Å². The number of aliphatic hydroxyl groups excluding tert-OH is 1. The minimum Gasteiger partial charge on any atom is -0.395 e. The van der Waals surface area contributed by atoms with Gasteiger partial charge in [-0.25, -0.2) is 0 Å². The SMILES string of the molecule is O=C(CN1CCC[C@@H]1CO)Nc1ccccc1N1CCCC1=O. The highest BCUT2D eigenvalue weighted by atomic mass is 16.3. The molecule has 2 heterocycles. The van der Waals surface area contributed by atoms with E-state index in [1.807, 2.05) is 29.2 Å². The Hall–Kier alpha value is -1.92. The molecule has 2 aliphatic heterocycles. The zero-order valence-corrected chi connectivity index (χ0v) is 13.2. The fourth-order valence-electron chi connectivity index (χ4n) is 3.40. The number of benzene rings is 1. The van der Waals surface area contributed by atoms with E-state index in [0.29, 0.717) is 18.7 Å². The van der Waals surface area contributed by atoms with Gasteiger partial charge in [0.2, 0.25) is 11.8 Å². The average molecular weight is 317 g/mol. The predicted octanol–water partition coefficient (Wildman–Crippen LogP) is 1.21. The fourth-order valence-corrected chi connectivity index (χ4v) is 3.40. The van der Waals surface area contributed by atoms with Crippen LogP contribution < -0.4 is 10.2 Å². The van der Waals surface area contributed by atoms with Crippen LogP contribution in [-0.2, 0) is 9.59 Å². The highest BCUT2D eigenvalue weighted by Crippen LogP contribution is 2.29. The van der Waals surface area contributed by atoms with E-state index in [1.165, 1.54) is 0 Å². The van der Waals surface area contributed by atoms with Gasteiger partial charge in [0.1, 0.15) is 0 Å². The summed E-state index contributed by atoms with van der Waals surface area (Å²) in [5.41, 5.74) is 1.44. The summed E-state index contributed by atoms with van der Waals surface area (Å²) in [5, 5.41) is 12.3. The molecule has 124 valence electrons. The third-order valence-corrected chi connectivity index (χ3v) is 4.60. The van der Waals surface area contributed by atoms with E-state index in [9.17, 15) is 14.7 Å². The van der Waals surface area contributed by atoms with Crippen LogP contribution in [0.1, 0.15) is 25.7 Å². The van der Waals surface area contributed by atoms with Crippen molar-refractivity contribution in [2.24, 2.45) is 0 Å². The van der Waals surface area contributed by atoms with Crippen LogP contribution in [0.3, 0.4) is 0 Å². The van der Waals surface area contributed by atoms with E-state index in [0.717, 1.165) is 31.5 Å². The van der Waals surface area contributed by atoms with Crippen LogP contribution in [0.2, 0.25) is 0 Å². The molecule has 1 atom stereocenters. The molecule has 0 aromatic heterocycles. The van der Waals surface area contributed by atoms with Crippen molar-refractivity contribution < 1.29 is 14.7 Å². The Morgan fingerprint density at radius 1 is 1.26 bits per heavy atom. The van der Waals surface area contributed by atoms with E-state index in [2.05, 4.69) is 5.32 Å². The van der Waals surface area contributed by atoms with Gasteiger partial charge in [0.15, 0.2) is 0 Å². The van der Waals surface area contributed by atoms with E-state index in [1.54, 1.807) is 4.90 Å². The van der Waals surface area contributed by atoms with Crippen LogP contribution in [0.5, 0.6) is 0 Å². The molecular weight excluding hydrogens is 294 g/mol. The summed E-state index contributed by atoms with van der Waals surface area (Å²) in [6.07, 6.45) is 3.36. The van der Waals surface area contributed by atoms with E-state index >= 15 is 0 Å². The molecule has 1 aromatic rings. The third kappa shape index (κ3) is 3.54. The first kappa shape index (κ1) is 16.0. The predicted molar refractivity (Wildman–Crippen MR) is 88.3 cm³/mol. The maximum Gasteiger partial charge on any atom is 0.238 e. The minimum absolute atomic E-state index is 0.0798. The Morgan fingerprint density at radius 3 is 2.83 bits per heavy atom. The summed E-state index contributed by atoms with van der Waals surface area (Å²) in [6.45, 7) is 1.90. The Kier molecular flexibility index (Phi) is 4.93. The minimum atomic E-state index is -0.107. The molecule has 23 heavy (non-hydrogen) atoms. The van der Waals surface area contributed by atoms with Gasteiger partial charge >= 0.3 is 0 Å². The Balaban J connectivity index is 1.68. The summed E-state index contributed by atoms with van der Waals surface area (Å²) in [7, 11) is 0. The molecule has 2 fully saturated rings. The number of hydrogen-bond donors (Lipinski definition) is 2. The van der Waals surface area contributed by atoms with Crippen molar-refractivity contribution in [1.29, 1.82) is 0 Å². The lowest BCUT2D eigenvalue weighted by molar-refractivity contribution is -0.118. The quantitative estimate of drug-likeness (QED) is 0.856. The monoisotopic (exact) mass is 317 g/mol. The summed E-state index contributed by atoms with van der Waals surface area (Å²) in [5.74, 6) is -0.00367. The molecule has 2 amide bonds. The van der Waals surface area contributed by atoms with Gasteiger partial charge in [0, 0.05) is 19.0 Å². The Morgan fingerprint density at radius 2 is 2.09 bits per heavy atom. The number of para-hydroxylation sites is 2. The van der Waals surface area contributed by atoms with Gasteiger partial charge in [-0.2, -0.15) is 0 Å². The van der Waals surface area contributed by atoms with Gasteiger partial charge in [0.05, 0.1) is 24.5 Å². The van der Waals surface area contributed by atoms with Gasteiger partial charge in [-0.3, -0.25) is 14.5 Å². The summed E-state index contributed by atoms with van der Waals surface area (Å²) in [6, 6.07) is 7.50. The number of carbonyl (C=O) groups is 2. The number of hydrogen-bond acceptors (Lipinski definition) is 4. The maximum atomic E-state index is 12.3. The number of carbonyl (C=O) groups excluding carboxylic acids is 2. The summed E-state index contributed by atoms with van der Waals surface area (Å²) >= 11 is 0. The highest BCUT2D eigenvalue weighted by molar-refractivity contribution is 6.02. The molecule has 0 aliphatic carbocycles. The first-order valence-corrected chi connectivity index (χ1v) is 8.23. The summed E-state index contributed by atoms with van der Waals surface area (Å²) < 4.78 is 0. The zero-order valence-electron chi connectivity index (χ0n) is 13.2. The van der Waals surface area contributed by atoms with Crippen molar-refractivity contribution in [2.75, 3.05) is 36.5 Å². The topological polar surface area (TPSA) is 72.9 Å². The molecule has 0 spiro atoms. The lowest BCUT2D eigenvalue weighted by atomic mass is 10.2. The molecule has 6 nitrogen and oxygen atoms in total. The van der Waals surface area contributed by atoms with Gasteiger partial charge in [-0.05, 0) is 37.9 Å². The molecule has 0 unspecified atom stereocenters. The van der Waals surface area contributed by atoms with Gasteiger partial charge in [-0.1, -0.05) is 12.1 Å². The first-order chi connectivity index (χ1) is 11.2. The summed E-state index contributed by atoms with van der Waals surface area (Å²) in [4.78, 5) is 28.0. The van der Waals surface area contributed by atoms with Crippen LogP contribution in [0, 0.1) is 0 Å². The molecule has 0 radical (unpaired) electrons. The molecule has 6 heteroatoms. The van der Waals surface area contributed by atoms with Crippen molar-refractivity contribution in [3.63, 3.8) is 0 Å². The van der Waals surface area contributed by atoms with Crippen LogP contribution >= 0.6 is 0 Å². The van der Waals surface area contributed by atoms with Crippen LogP contribution in [0.4, 0.5) is 11.4 Å². The molecule has 0 bridgehead atoms. The van der Waals surface area contributed by atoms with Crippen molar-refractivity contribution in [3.05, 3.63) is 24.3 Å². The van der Waals surface area contributed by atoms with Crippen molar-refractivity contribution in [1.82, 2.24) is 4.90 Å². The lowest BCUT2D eigenvalue weighted by Gasteiger charge is -2.23. The number of nitrogens with one attached hydrogen (secondary N) is 1. The average Bonchev–Trinajstić information content (AvgIpc) is 3.16. The second-order valence-corrected chi connectivity index (χ2v) is 6.16. The van der Waals surface area contributed by atoms with E-state index in [4.69, 9.17) is 0 Å². The molecule has 2 saturated heterocycles. The van der Waals surface area contributed by atoms with E-state index in [-0.39, 0.29) is 31.0 Å². The first-order valence-electron chi connectivity index (χ1n) is 8.23. The van der Waals surface area contributed by atoms with Gasteiger partial charge < -0.3 is 15.3 Å². The second-order valence-electron chi connectivity index (χ2n) is 6.16. The van der Waals surface area contributed by atoms with Crippen LogP contribution in [0.25, 0.3) is 0 Å². The molecule has 2 aliphatic rings. The number of anilines is 2. The molecule has 3 rings (SSSR count). The smallest absolute Gasteiger partial charge is 0.238 e. The van der Waals surface area contributed by atoms with Crippen LogP contribution in [0.15, 0.2) is 24.3 Å². The largest absolute Gasteiger partial charge is 0.395 e. The highest BCUT2D eigenvalue weighted by Gasteiger charge is 2.27. The fraction of sp³-hybridized carbons (Fsp3) is 0.529. The Bertz CT molecular complexity index is 590. The standard InChI is InChI=1S/C17H23N3O3/c21-12-13-5-3-9-19(13)11-16(22)18-14-6-1-2-7-15(14)20-10-4-8-17(20)23/h1-2,6-7,13,21H,3-5,8-12H2,(H,18,22)/t13-/m1/s1. The van der Waals surface area contributed by atoms with Gasteiger partial charge in [-0.15, -0.1) is 0 Å². The number of amides is 2. The second kappa shape index (κ2) is 7.10. The third-order valence-electron chi connectivity index (χ3n) is 4.60. The maximum absolute atomic E-state index is 12.3. The number of likely N-dealkylation sites (tertiary alicyclic amines) is 1. The molecular formula is C17H23N3O3. The zero-order chi connectivity index (χ0) is 16.2. The normalized spacial score (nSPS) is 21.9. The number of rotatable bonds is 5. The molecule has 2 N–H and O–H groups in total. The molecule has 0 saturated carbocycles. The van der Waals surface area contributed by atoms with Crippen molar-refractivity contribution >= 4 is 23.2 Å². The van der Waals surface area contributed by atoms with Gasteiger partial charge in [0.25, 0.3) is 0 Å². The van der Waals surface area contributed by atoms with Crippen molar-refractivity contribution in [2.45, 2.75) is 31.7 Å². The number of nitrogens with zero attached hydrogens (tertiary/aromatic N) is 2. The molecule has 1 aromatic carbocycles. The van der Waals surface area contributed by atoms with E-state index < -0.39 is 0 Å². The lowest BCUT2D eigenvalue weighted by Crippen LogP contribution is -2.38.